The van der Waals surface area contributed by atoms with Gasteiger partial charge in [-0.3, -0.25) is 19.4 Å². The van der Waals surface area contributed by atoms with E-state index in [0.717, 1.165) is 16.8 Å². The summed E-state index contributed by atoms with van der Waals surface area (Å²) in [6.45, 7) is 9.90. The zero-order chi connectivity index (χ0) is 30.2. The predicted octanol–water partition coefficient (Wildman–Crippen LogP) is 5.73. The molecule has 1 unspecified atom stereocenters. The highest BCUT2D eigenvalue weighted by molar-refractivity contribution is 6.35. The molecule has 4 aromatic rings. The minimum Gasteiger partial charge on any atom is -0.358 e. The number of rotatable bonds is 7. The van der Waals surface area contributed by atoms with E-state index in [1.165, 1.54) is 0 Å². The summed E-state index contributed by atoms with van der Waals surface area (Å²) in [5.74, 6) is -0.723. The molecule has 1 aliphatic rings. The van der Waals surface area contributed by atoms with Gasteiger partial charge in [0.15, 0.2) is 0 Å². The van der Waals surface area contributed by atoms with E-state index in [2.05, 4.69) is 25.9 Å². The highest BCUT2D eigenvalue weighted by atomic mass is 16.2. The molecule has 2 aromatic heterocycles. The first-order valence-corrected chi connectivity index (χ1v) is 13.9. The lowest BCUT2D eigenvalue weighted by Crippen LogP contribution is -2.26. The van der Waals surface area contributed by atoms with E-state index in [1.807, 2.05) is 90.2 Å². The third kappa shape index (κ3) is 6.86. The van der Waals surface area contributed by atoms with Gasteiger partial charge in [-0.05, 0) is 68.3 Å². The fraction of sp³-hybridized carbons (Fsp3) is 0.212. The average molecular weight is 560 g/mol. The van der Waals surface area contributed by atoms with Gasteiger partial charge >= 0.3 is 0 Å². The standard InChI is InChI=1S/C31H29N5O3.C2H6B/c1-18-27(34-20(3)28(18)31(39)33-17-23-11-7-8-14-32-23)16-25-24-15-22(12-13-26(24)36-30(25)38)29(37)35-19(2)21-9-5-4-6-10-21;1-3-2/h4-16,19,34H,17H2,1-3H3,(H,33,39)(H,35,37)(H,36,38);1-2H3/b25-16-;. The van der Waals surface area contributed by atoms with Crippen LogP contribution in [0.15, 0.2) is 72.9 Å². The largest absolute Gasteiger partial charge is 0.358 e. The molecule has 2 aromatic carbocycles. The molecule has 1 radical (unpaired) electrons. The molecule has 8 nitrogen and oxygen atoms in total. The Morgan fingerprint density at radius 3 is 2.40 bits per heavy atom. The highest BCUT2D eigenvalue weighted by Gasteiger charge is 2.27. The van der Waals surface area contributed by atoms with Gasteiger partial charge in [0, 0.05) is 34.4 Å². The Balaban J connectivity index is 0.00000129. The first kappa shape index (κ1) is 30.1. The van der Waals surface area contributed by atoms with Crippen LogP contribution in [0.25, 0.3) is 11.6 Å². The number of aryl methyl sites for hydroxylation is 1. The summed E-state index contributed by atoms with van der Waals surface area (Å²) >= 11 is 0. The summed E-state index contributed by atoms with van der Waals surface area (Å²) in [5, 5.41) is 8.79. The van der Waals surface area contributed by atoms with Crippen LogP contribution in [0.3, 0.4) is 0 Å². The molecule has 1 atom stereocenters. The van der Waals surface area contributed by atoms with Crippen molar-refractivity contribution in [1.82, 2.24) is 20.6 Å². The molecule has 0 fully saturated rings. The molecule has 0 aliphatic carbocycles. The normalized spacial score (nSPS) is 13.4. The summed E-state index contributed by atoms with van der Waals surface area (Å²) in [5.41, 5.74) is 6.50. The number of H-pyrrole nitrogens is 1. The van der Waals surface area contributed by atoms with E-state index in [9.17, 15) is 14.4 Å². The van der Waals surface area contributed by atoms with Crippen molar-refractivity contribution >= 4 is 42.3 Å². The van der Waals surface area contributed by atoms with Crippen LogP contribution in [0, 0.1) is 13.8 Å². The number of aromatic nitrogens is 2. The number of hydrogen-bond donors (Lipinski definition) is 4. The monoisotopic (exact) mass is 560 g/mol. The van der Waals surface area contributed by atoms with Crippen LogP contribution in [0.2, 0.25) is 13.6 Å². The van der Waals surface area contributed by atoms with Crippen molar-refractivity contribution in [3.63, 3.8) is 0 Å². The summed E-state index contributed by atoms with van der Waals surface area (Å²) in [6.07, 6.45) is 3.41. The number of carbonyl (C=O) groups is 3. The second-order valence-corrected chi connectivity index (χ2v) is 10.1. The molecule has 0 spiro atoms. The lowest BCUT2D eigenvalue weighted by Gasteiger charge is -2.14. The predicted molar refractivity (Wildman–Crippen MR) is 168 cm³/mol. The van der Waals surface area contributed by atoms with Crippen LogP contribution in [0.1, 0.15) is 67.5 Å². The number of anilines is 1. The average Bonchev–Trinajstić information content (AvgIpc) is 3.46. The van der Waals surface area contributed by atoms with Crippen molar-refractivity contribution in [3.8, 4) is 0 Å². The Morgan fingerprint density at radius 2 is 1.71 bits per heavy atom. The zero-order valence-electron chi connectivity index (χ0n) is 24.5. The van der Waals surface area contributed by atoms with Gasteiger partial charge < -0.3 is 20.9 Å². The molecule has 0 saturated heterocycles. The van der Waals surface area contributed by atoms with E-state index in [-0.39, 0.29) is 23.8 Å². The van der Waals surface area contributed by atoms with Crippen LogP contribution >= 0.6 is 0 Å². The molecular weight excluding hydrogens is 525 g/mol. The molecule has 3 heterocycles. The number of pyridine rings is 1. The molecule has 42 heavy (non-hydrogen) atoms. The molecule has 1 aliphatic heterocycles. The first-order valence-electron chi connectivity index (χ1n) is 13.9. The molecule has 3 amide bonds. The number of amides is 3. The van der Waals surface area contributed by atoms with E-state index >= 15 is 0 Å². The molecule has 213 valence electrons. The number of benzene rings is 2. The number of carbonyl (C=O) groups excluding carboxylic acids is 3. The second kappa shape index (κ2) is 13.6. The van der Waals surface area contributed by atoms with Crippen LogP contribution in [-0.2, 0) is 11.3 Å². The number of nitrogens with one attached hydrogen (secondary N) is 4. The van der Waals surface area contributed by atoms with Crippen LogP contribution in [0.4, 0.5) is 5.69 Å². The quantitative estimate of drug-likeness (QED) is 0.171. The van der Waals surface area contributed by atoms with Crippen LogP contribution < -0.4 is 16.0 Å². The first-order chi connectivity index (χ1) is 20.2. The third-order valence-electron chi connectivity index (χ3n) is 6.86. The Labute approximate surface area is 247 Å². The van der Waals surface area contributed by atoms with Crippen molar-refractivity contribution in [2.24, 2.45) is 0 Å². The molecule has 0 bridgehead atoms. The van der Waals surface area contributed by atoms with Crippen molar-refractivity contribution in [2.75, 3.05) is 5.32 Å². The topological polar surface area (TPSA) is 116 Å². The second-order valence-electron chi connectivity index (χ2n) is 10.1. The lowest BCUT2D eigenvalue weighted by atomic mass is 9.88. The Bertz CT molecular complexity index is 1610. The van der Waals surface area contributed by atoms with Crippen molar-refractivity contribution in [2.45, 2.75) is 47.0 Å². The van der Waals surface area contributed by atoms with E-state index in [4.69, 9.17) is 0 Å². The van der Waals surface area contributed by atoms with Gasteiger partial charge in [-0.1, -0.05) is 50.0 Å². The van der Waals surface area contributed by atoms with Crippen LogP contribution in [-0.4, -0.2) is 35.0 Å². The number of aromatic amines is 1. The van der Waals surface area contributed by atoms with Crippen LogP contribution in [0.5, 0.6) is 0 Å². The molecule has 5 rings (SSSR count). The Kier molecular flexibility index (Phi) is 9.75. The van der Waals surface area contributed by atoms with Gasteiger partial charge in [0.1, 0.15) is 7.28 Å². The maximum atomic E-state index is 13.0. The fourth-order valence-electron chi connectivity index (χ4n) is 4.74. The molecular formula is C33H35BN5O3. The summed E-state index contributed by atoms with van der Waals surface area (Å²) in [4.78, 5) is 46.4. The fourth-order valence-corrected chi connectivity index (χ4v) is 4.74. The van der Waals surface area contributed by atoms with Gasteiger partial charge in [-0.25, -0.2) is 0 Å². The maximum Gasteiger partial charge on any atom is 0.256 e. The minimum atomic E-state index is -0.270. The zero-order valence-corrected chi connectivity index (χ0v) is 24.5. The van der Waals surface area contributed by atoms with Gasteiger partial charge in [0.25, 0.3) is 17.7 Å². The van der Waals surface area contributed by atoms with Gasteiger partial charge in [0.05, 0.1) is 29.4 Å². The lowest BCUT2D eigenvalue weighted by molar-refractivity contribution is -0.110. The number of fused-ring (bicyclic) bond motifs is 1. The van der Waals surface area contributed by atoms with Gasteiger partial charge in [-0.2, -0.15) is 0 Å². The third-order valence-corrected chi connectivity index (χ3v) is 6.86. The SMILES string of the molecule is C[B]C.Cc1[nH]c(/C=C2\C(=O)Nc3ccc(C(=O)NC(C)c4ccccc4)cc32)c(C)c1C(=O)NCc1ccccn1. The minimum absolute atomic E-state index is 0.173. The molecule has 4 N–H and O–H groups in total. The molecule has 0 saturated carbocycles. The summed E-state index contributed by atoms with van der Waals surface area (Å²) in [6, 6.07) is 20.2. The van der Waals surface area contributed by atoms with E-state index in [1.54, 1.807) is 30.5 Å². The number of nitrogens with zero attached hydrogens (tertiary/aromatic N) is 1. The van der Waals surface area contributed by atoms with E-state index in [0.29, 0.717) is 45.9 Å². The Hall–Kier alpha value is -4.92. The maximum absolute atomic E-state index is 13.0. The van der Waals surface area contributed by atoms with E-state index < -0.39 is 0 Å². The van der Waals surface area contributed by atoms with Crippen molar-refractivity contribution in [1.29, 1.82) is 0 Å². The number of hydrogen-bond acceptors (Lipinski definition) is 4. The summed E-state index contributed by atoms with van der Waals surface area (Å²) in [7, 11) is 2.00. The van der Waals surface area contributed by atoms with Gasteiger partial charge in [0.2, 0.25) is 0 Å². The molecule has 9 heteroatoms. The Morgan fingerprint density at radius 1 is 1.00 bits per heavy atom. The smallest absolute Gasteiger partial charge is 0.256 e. The highest BCUT2D eigenvalue weighted by Crippen LogP contribution is 2.35. The van der Waals surface area contributed by atoms with Gasteiger partial charge in [-0.15, -0.1) is 0 Å². The van der Waals surface area contributed by atoms with Crippen molar-refractivity contribution in [3.05, 3.63) is 118 Å². The summed E-state index contributed by atoms with van der Waals surface area (Å²) < 4.78 is 0. The van der Waals surface area contributed by atoms with Crippen molar-refractivity contribution < 1.29 is 14.4 Å².